The minimum Gasteiger partial charge on any atom is -0.806 e. The van der Waals surface area contributed by atoms with Crippen LogP contribution in [0.15, 0.2) is 0 Å². The first-order valence-corrected chi connectivity index (χ1v) is 6.19. The Bertz CT molecular complexity index is 280. The van der Waals surface area contributed by atoms with Crippen molar-refractivity contribution in [2.45, 2.75) is 46.3 Å². The molecule has 4 bridgehead atoms. The molecule has 0 aromatic carbocycles. The second kappa shape index (κ2) is 2.28. The summed E-state index contributed by atoms with van der Waals surface area (Å²) in [5.74, 6) is 0. The van der Waals surface area contributed by atoms with Gasteiger partial charge in [-0.05, 0) is 19.3 Å². The lowest BCUT2D eigenvalue weighted by Crippen LogP contribution is -2.80. The Hall–Kier alpha value is -0.0800. The smallest absolute Gasteiger partial charge is 0.0831 e. The van der Waals surface area contributed by atoms with E-state index in [1.165, 1.54) is 6.42 Å². The lowest BCUT2D eigenvalue weighted by molar-refractivity contribution is -1.04. The largest absolute Gasteiger partial charge is 0.806 e. The molecular formula is C13H23NO. The van der Waals surface area contributed by atoms with Gasteiger partial charge in [0.05, 0.1) is 20.1 Å². The number of nitrogens with zero attached hydrogens (tertiary/aromatic N) is 1. The van der Waals surface area contributed by atoms with Crippen LogP contribution in [0.1, 0.15) is 40.0 Å². The Morgan fingerprint density at radius 1 is 1.00 bits per heavy atom. The lowest BCUT2D eigenvalue weighted by atomic mass is 9.47. The highest BCUT2D eigenvalue weighted by molar-refractivity contribution is 5.06. The van der Waals surface area contributed by atoms with Gasteiger partial charge in [0.15, 0.2) is 0 Å². The van der Waals surface area contributed by atoms with Gasteiger partial charge in [0.1, 0.15) is 0 Å². The molecule has 3 saturated heterocycles. The van der Waals surface area contributed by atoms with E-state index in [9.17, 15) is 5.11 Å². The average molecular weight is 209 g/mol. The second-order valence-electron chi connectivity index (χ2n) is 7.95. The summed E-state index contributed by atoms with van der Waals surface area (Å²) >= 11 is 0. The van der Waals surface area contributed by atoms with Crippen molar-refractivity contribution in [2.24, 2.45) is 16.2 Å². The molecule has 15 heavy (non-hydrogen) atoms. The molecule has 4 aliphatic rings. The molecule has 3 aliphatic heterocycles. The van der Waals surface area contributed by atoms with Gasteiger partial charge in [-0.15, -0.1) is 0 Å². The fraction of sp³-hybridized carbons (Fsp3) is 1.00. The summed E-state index contributed by atoms with van der Waals surface area (Å²) in [5, 5.41) is 12.6. The first kappa shape index (κ1) is 10.1. The summed E-state index contributed by atoms with van der Waals surface area (Å²) in [7, 11) is 2.20. The summed E-state index contributed by atoms with van der Waals surface area (Å²) in [6.07, 6.45) is 3.30. The van der Waals surface area contributed by atoms with Crippen LogP contribution in [0.5, 0.6) is 0 Å². The number of hydrogen-bond acceptors (Lipinski definition) is 1. The summed E-state index contributed by atoms with van der Waals surface area (Å²) in [5.41, 5.74) is 0.943. The molecule has 1 saturated carbocycles. The average Bonchev–Trinajstić information content (AvgIpc) is 1.93. The van der Waals surface area contributed by atoms with Crippen LogP contribution in [0.2, 0.25) is 0 Å². The van der Waals surface area contributed by atoms with E-state index in [4.69, 9.17) is 0 Å². The Morgan fingerprint density at radius 2 is 1.47 bits per heavy atom. The van der Waals surface area contributed by atoms with Crippen LogP contribution in [-0.4, -0.2) is 30.8 Å². The number of rotatable bonds is 0. The van der Waals surface area contributed by atoms with Crippen molar-refractivity contribution in [3.63, 3.8) is 0 Å². The Labute approximate surface area is 92.9 Å². The molecule has 3 unspecified atom stereocenters. The molecule has 0 aromatic heterocycles. The van der Waals surface area contributed by atoms with Crippen LogP contribution >= 0.6 is 0 Å². The Morgan fingerprint density at radius 3 is 1.87 bits per heavy atom. The van der Waals surface area contributed by atoms with Crippen molar-refractivity contribution in [3.05, 3.63) is 0 Å². The zero-order chi connectivity index (χ0) is 11.1. The zero-order valence-corrected chi connectivity index (χ0v) is 10.5. The minimum atomic E-state index is -0.376. The molecule has 0 N–H and O–H groups in total. The molecule has 0 spiro atoms. The fourth-order valence-electron chi connectivity index (χ4n) is 6.28. The van der Waals surface area contributed by atoms with Crippen molar-refractivity contribution in [1.29, 1.82) is 0 Å². The highest BCUT2D eigenvalue weighted by atomic mass is 16.3. The molecule has 2 nitrogen and oxygen atoms in total. The van der Waals surface area contributed by atoms with Crippen LogP contribution in [0, 0.1) is 16.2 Å². The molecule has 3 heterocycles. The van der Waals surface area contributed by atoms with Gasteiger partial charge in [-0.25, -0.2) is 0 Å². The summed E-state index contributed by atoms with van der Waals surface area (Å²) in [4.78, 5) is 0. The standard InChI is InChI=1S/C13H23NO/c1-11-5-12(2)7-13(3,6-11)10(15)14(4,8-11)9-12/h10H,5-9H2,1-4H3/t10?,11-,12+,13?,14?. The monoisotopic (exact) mass is 209 g/mol. The van der Waals surface area contributed by atoms with Gasteiger partial charge >= 0.3 is 0 Å². The van der Waals surface area contributed by atoms with E-state index in [0.29, 0.717) is 10.8 Å². The van der Waals surface area contributed by atoms with Crippen molar-refractivity contribution in [2.75, 3.05) is 20.1 Å². The molecule has 0 radical (unpaired) electrons. The Kier molecular flexibility index (Phi) is 1.54. The maximum atomic E-state index is 12.6. The van der Waals surface area contributed by atoms with Gasteiger partial charge in [0, 0.05) is 22.5 Å². The van der Waals surface area contributed by atoms with Gasteiger partial charge in [-0.1, -0.05) is 20.8 Å². The number of quaternary nitrogens is 1. The number of piperidine rings is 3. The quantitative estimate of drug-likeness (QED) is 0.552. The van der Waals surface area contributed by atoms with Crippen molar-refractivity contribution in [1.82, 2.24) is 0 Å². The van der Waals surface area contributed by atoms with E-state index in [-0.39, 0.29) is 11.6 Å². The first-order valence-electron chi connectivity index (χ1n) is 6.19. The van der Waals surface area contributed by atoms with Crippen LogP contribution < -0.4 is 5.11 Å². The fourth-order valence-corrected chi connectivity index (χ4v) is 6.28. The minimum absolute atomic E-state index is 0.0625. The first-order chi connectivity index (χ1) is 6.69. The summed E-state index contributed by atoms with van der Waals surface area (Å²) in [6, 6.07) is 0. The molecule has 5 atom stereocenters. The highest BCUT2D eigenvalue weighted by Crippen LogP contribution is 2.64. The topological polar surface area (TPSA) is 23.1 Å². The van der Waals surface area contributed by atoms with Gasteiger partial charge < -0.3 is 9.59 Å². The molecule has 4 rings (SSSR count). The maximum absolute atomic E-state index is 12.6. The summed E-state index contributed by atoms with van der Waals surface area (Å²) in [6.45, 7) is 9.29. The van der Waals surface area contributed by atoms with E-state index in [1.807, 2.05) is 0 Å². The maximum Gasteiger partial charge on any atom is 0.0831 e. The van der Waals surface area contributed by atoms with E-state index in [2.05, 4.69) is 27.8 Å². The molecule has 1 aliphatic carbocycles. The molecule has 0 amide bonds. The van der Waals surface area contributed by atoms with E-state index in [0.717, 1.165) is 30.4 Å². The van der Waals surface area contributed by atoms with E-state index in [1.54, 1.807) is 0 Å². The molecule has 2 heteroatoms. The summed E-state index contributed by atoms with van der Waals surface area (Å²) < 4.78 is 0.795. The van der Waals surface area contributed by atoms with Crippen LogP contribution in [-0.2, 0) is 0 Å². The lowest BCUT2D eigenvalue weighted by Gasteiger charge is -2.73. The predicted octanol–water partition coefficient (Wildman–Crippen LogP) is 1.35. The van der Waals surface area contributed by atoms with Gasteiger partial charge in [-0.2, -0.15) is 0 Å². The van der Waals surface area contributed by atoms with Gasteiger partial charge in [0.2, 0.25) is 0 Å². The van der Waals surface area contributed by atoms with Gasteiger partial charge in [0.25, 0.3) is 0 Å². The van der Waals surface area contributed by atoms with Crippen molar-refractivity contribution >= 4 is 0 Å². The normalized spacial score (nSPS) is 67.4. The van der Waals surface area contributed by atoms with Crippen LogP contribution in [0.3, 0.4) is 0 Å². The van der Waals surface area contributed by atoms with E-state index >= 15 is 0 Å². The molecule has 4 fully saturated rings. The van der Waals surface area contributed by atoms with E-state index < -0.39 is 0 Å². The predicted molar refractivity (Wildman–Crippen MR) is 57.9 cm³/mol. The van der Waals surface area contributed by atoms with Crippen LogP contribution in [0.4, 0.5) is 0 Å². The van der Waals surface area contributed by atoms with Crippen LogP contribution in [0.25, 0.3) is 0 Å². The van der Waals surface area contributed by atoms with Crippen molar-refractivity contribution < 1.29 is 9.59 Å². The van der Waals surface area contributed by atoms with Gasteiger partial charge in [-0.3, -0.25) is 0 Å². The Balaban J connectivity index is 2.12. The second-order valence-corrected chi connectivity index (χ2v) is 7.95. The number of hydrogen-bond donors (Lipinski definition) is 0. The SMILES string of the molecule is CC12C[C@@]3(C)C[C@@](C)(C1)C[N+](C)(C3)C2[O-]. The third-order valence-corrected chi connectivity index (χ3v) is 5.16. The van der Waals surface area contributed by atoms with Crippen molar-refractivity contribution in [3.8, 4) is 0 Å². The zero-order valence-electron chi connectivity index (χ0n) is 10.5. The third kappa shape index (κ3) is 1.13. The molecular weight excluding hydrogens is 186 g/mol. The molecule has 86 valence electrons. The molecule has 0 aromatic rings. The third-order valence-electron chi connectivity index (χ3n) is 5.16. The highest BCUT2D eigenvalue weighted by Gasteiger charge is 2.65.